The SMILES string of the molecule is N#C/C(=C/Nc1ccccc1C(F)(F)F)C(=O)Nc1ccc([N+](=O)[O-])cc1. The normalized spacial score (nSPS) is 11.4. The zero-order valence-electron chi connectivity index (χ0n) is 13.4. The fourth-order valence-electron chi connectivity index (χ4n) is 2.02. The van der Waals surface area contributed by atoms with E-state index >= 15 is 0 Å². The number of nitriles is 1. The van der Waals surface area contributed by atoms with Crippen molar-refractivity contribution >= 4 is 23.0 Å². The van der Waals surface area contributed by atoms with Crippen LogP contribution in [0.2, 0.25) is 0 Å². The molecule has 10 heteroatoms. The molecule has 0 radical (unpaired) electrons. The van der Waals surface area contributed by atoms with Gasteiger partial charge in [-0.2, -0.15) is 18.4 Å². The Morgan fingerprint density at radius 2 is 1.78 bits per heavy atom. The van der Waals surface area contributed by atoms with Crippen molar-refractivity contribution in [3.63, 3.8) is 0 Å². The van der Waals surface area contributed by atoms with E-state index in [4.69, 9.17) is 5.26 Å². The highest BCUT2D eigenvalue weighted by Gasteiger charge is 2.33. The molecule has 0 heterocycles. The first-order valence-electron chi connectivity index (χ1n) is 7.31. The summed E-state index contributed by atoms with van der Waals surface area (Å²) < 4.78 is 38.8. The summed E-state index contributed by atoms with van der Waals surface area (Å²) in [4.78, 5) is 22.0. The van der Waals surface area contributed by atoms with E-state index in [1.807, 2.05) is 0 Å². The number of nitro groups is 1. The number of para-hydroxylation sites is 1. The highest BCUT2D eigenvalue weighted by atomic mass is 19.4. The predicted molar refractivity (Wildman–Crippen MR) is 90.5 cm³/mol. The second-order valence-corrected chi connectivity index (χ2v) is 5.12. The van der Waals surface area contributed by atoms with Gasteiger partial charge in [0.2, 0.25) is 0 Å². The van der Waals surface area contributed by atoms with Crippen molar-refractivity contribution in [1.29, 1.82) is 5.26 Å². The second kappa shape index (κ2) is 8.01. The van der Waals surface area contributed by atoms with E-state index in [2.05, 4.69) is 10.6 Å². The highest BCUT2D eigenvalue weighted by molar-refractivity contribution is 6.06. The van der Waals surface area contributed by atoms with E-state index in [9.17, 15) is 28.1 Å². The molecule has 2 rings (SSSR count). The number of nitrogens with zero attached hydrogens (tertiary/aromatic N) is 2. The number of carbonyl (C=O) groups is 1. The van der Waals surface area contributed by atoms with Gasteiger partial charge in [0, 0.05) is 24.0 Å². The zero-order chi connectivity index (χ0) is 20.0. The Kier molecular flexibility index (Phi) is 5.77. The van der Waals surface area contributed by atoms with Crippen LogP contribution in [0.4, 0.5) is 30.2 Å². The number of rotatable bonds is 5. The first-order chi connectivity index (χ1) is 12.7. The van der Waals surface area contributed by atoms with Crippen molar-refractivity contribution in [2.75, 3.05) is 10.6 Å². The van der Waals surface area contributed by atoms with Gasteiger partial charge in [-0.25, -0.2) is 0 Å². The summed E-state index contributed by atoms with van der Waals surface area (Å²) in [5.74, 6) is -0.886. The number of hydrogen-bond acceptors (Lipinski definition) is 5. The third kappa shape index (κ3) is 5.05. The van der Waals surface area contributed by atoms with Gasteiger partial charge in [0.05, 0.1) is 16.2 Å². The summed E-state index contributed by atoms with van der Waals surface area (Å²) in [6, 6.07) is 11.0. The van der Waals surface area contributed by atoms with Crippen LogP contribution in [0.5, 0.6) is 0 Å². The standard InChI is InChI=1S/C17H11F3N4O3/c18-17(19,20)14-3-1-2-4-15(14)22-10-11(9-21)16(25)23-12-5-7-13(8-6-12)24(26)27/h1-8,10,22H,(H,23,25)/b11-10-. The van der Waals surface area contributed by atoms with Crippen molar-refractivity contribution < 1.29 is 22.9 Å². The minimum Gasteiger partial charge on any atom is -0.360 e. The van der Waals surface area contributed by atoms with E-state index in [0.29, 0.717) is 0 Å². The van der Waals surface area contributed by atoms with Crippen LogP contribution in [0.3, 0.4) is 0 Å². The average molecular weight is 376 g/mol. The van der Waals surface area contributed by atoms with E-state index < -0.39 is 28.1 Å². The summed E-state index contributed by atoms with van der Waals surface area (Å²) in [5, 5.41) is 24.3. The van der Waals surface area contributed by atoms with Crippen LogP contribution in [0.15, 0.2) is 60.3 Å². The molecule has 2 aromatic carbocycles. The summed E-state index contributed by atoms with van der Waals surface area (Å²) in [5.41, 5.74) is -1.75. The predicted octanol–water partition coefficient (Wildman–Crippen LogP) is 4.07. The third-order valence-electron chi connectivity index (χ3n) is 3.31. The molecule has 1 amide bonds. The molecule has 7 nitrogen and oxygen atoms in total. The van der Waals surface area contributed by atoms with Crippen LogP contribution >= 0.6 is 0 Å². The Morgan fingerprint density at radius 3 is 2.33 bits per heavy atom. The van der Waals surface area contributed by atoms with Gasteiger partial charge in [-0.05, 0) is 24.3 Å². The van der Waals surface area contributed by atoms with Crippen LogP contribution in [-0.4, -0.2) is 10.8 Å². The van der Waals surface area contributed by atoms with Gasteiger partial charge in [-0.15, -0.1) is 0 Å². The minimum absolute atomic E-state index is 0.183. The topological polar surface area (TPSA) is 108 Å². The molecular weight excluding hydrogens is 365 g/mol. The molecule has 0 bridgehead atoms. The first-order valence-corrected chi connectivity index (χ1v) is 7.31. The van der Waals surface area contributed by atoms with Crippen LogP contribution in [0.1, 0.15) is 5.56 Å². The van der Waals surface area contributed by atoms with Gasteiger partial charge in [0.1, 0.15) is 11.6 Å². The molecule has 0 unspecified atom stereocenters. The largest absolute Gasteiger partial charge is 0.418 e. The van der Waals surface area contributed by atoms with E-state index in [0.717, 1.165) is 30.5 Å². The smallest absolute Gasteiger partial charge is 0.360 e. The molecule has 0 aliphatic heterocycles. The molecule has 0 spiro atoms. The lowest BCUT2D eigenvalue weighted by Gasteiger charge is -2.12. The number of alkyl halides is 3. The molecule has 0 saturated carbocycles. The fraction of sp³-hybridized carbons (Fsp3) is 0.0588. The lowest BCUT2D eigenvalue weighted by molar-refractivity contribution is -0.384. The number of nitrogens with one attached hydrogen (secondary N) is 2. The van der Waals surface area contributed by atoms with Crippen molar-refractivity contribution in [2.45, 2.75) is 6.18 Å². The second-order valence-electron chi connectivity index (χ2n) is 5.12. The maximum Gasteiger partial charge on any atom is 0.418 e. The Morgan fingerprint density at radius 1 is 1.15 bits per heavy atom. The van der Waals surface area contributed by atoms with Gasteiger partial charge < -0.3 is 10.6 Å². The molecule has 0 atom stereocenters. The number of benzene rings is 2. The van der Waals surface area contributed by atoms with Gasteiger partial charge >= 0.3 is 6.18 Å². The van der Waals surface area contributed by atoms with Gasteiger partial charge in [-0.1, -0.05) is 12.1 Å². The number of nitro benzene ring substituents is 1. The quantitative estimate of drug-likeness (QED) is 0.354. The molecule has 0 aromatic heterocycles. The lowest BCUT2D eigenvalue weighted by Crippen LogP contribution is -2.15. The molecule has 0 aliphatic rings. The molecule has 0 saturated heterocycles. The lowest BCUT2D eigenvalue weighted by atomic mass is 10.1. The molecule has 27 heavy (non-hydrogen) atoms. The number of halogens is 3. The summed E-state index contributed by atoms with van der Waals surface area (Å²) in [7, 11) is 0. The van der Waals surface area contributed by atoms with Crippen LogP contribution in [0.25, 0.3) is 0 Å². The zero-order valence-corrected chi connectivity index (χ0v) is 13.4. The molecule has 138 valence electrons. The number of non-ortho nitro benzene ring substituents is 1. The van der Waals surface area contributed by atoms with Gasteiger partial charge in [0.25, 0.3) is 11.6 Å². The fourth-order valence-corrected chi connectivity index (χ4v) is 2.02. The number of amides is 1. The van der Waals surface area contributed by atoms with Crippen molar-refractivity contribution in [3.8, 4) is 6.07 Å². The van der Waals surface area contributed by atoms with Crippen LogP contribution < -0.4 is 10.6 Å². The molecule has 0 fully saturated rings. The molecular formula is C17H11F3N4O3. The molecule has 2 N–H and O–H groups in total. The number of anilines is 2. The Labute approximate surface area is 150 Å². The third-order valence-corrected chi connectivity index (χ3v) is 3.31. The highest BCUT2D eigenvalue weighted by Crippen LogP contribution is 2.34. The minimum atomic E-state index is -4.61. The van der Waals surface area contributed by atoms with E-state index in [1.54, 1.807) is 6.07 Å². The first kappa shape index (κ1) is 19.5. The Balaban J connectivity index is 2.16. The van der Waals surface area contributed by atoms with Gasteiger partial charge in [-0.3, -0.25) is 14.9 Å². The maximum atomic E-state index is 12.9. The summed E-state index contributed by atoms with van der Waals surface area (Å²) in [6.07, 6.45) is -3.75. The molecule has 2 aromatic rings. The molecule has 0 aliphatic carbocycles. The maximum absolute atomic E-state index is 12.9. The Hall–Kier alpha value is -3.87. The van der Waals surface area contributed by atoms with E-state index in [1.165, 1.54) is 24.3 Å². The summed E-state index contributed by atoms with van der Waals surface area (Å²) in [6.45, 7) is 0. The van der Waals surface area contributed by atoms with Gasteiger partial charge in [0.15, 0.2) is 0 Å². The number of hydrogen-bond donors (Lipinski definition) is 2. The van der Waals surface area contributed by atoms with E-state index in [-0.39, 0.29) is 17.1 Å². The summed E-state index contributed by atoms with van der Waals surface area (Å²) >= 11 is 0. The van der Waals surface area contributed by atoms with Crippen LogP contribution in [-0.2, 0) is 11.0 Å². The monoisotopic (exact) mass is 376 g/mol. The van der Waals surface area contributed by atoms with Crippen molar-refractivity contribution in [3.05, 3.63) is 76.0 Å². The van der Waals surface area contributed by atoms with Crippen molar-refractivity contribution in [2.24, 2.45) is 0 Å². The van der Waals surface area contributed by atoms with Crippen LogP contribution in [0, 0.1) is 21.4 Å². The van der Waals surface area contributed by atoms with Crippen molar-refractivity contribution in [1.82, 2.24) is 0 Å². The Bertz CT molecular complexity index is 932. The number of carbonyl (C=O) groups excluding carboxylic acids is 1. The average Bonchev–Trinajstić information content (AvgIpc) is 2.62.